The summed E-state index contributed by atoms with van der Waals surface area (Å²) >= 11 is 0. The second-order valence-electron chi connectivity index (χ2n) is 2.95. The second-order valence-corrected chi connectivity index (χ2v) is 2.95. The van der Waals surface area contributed by atoms with Gasteiger partial charge in [-0.05, 0) is 9.91 Å². The Morgan fingerprint density at radius 3 is 2.67 bits per heavy atom. The average Bonchev–Trinajstić information content (AvgIpc) is 2.35. The van der Waals surface area contributed by atoms with Crippen molar-refractivity contribution in [2.45, 2.75) is 6.43 Å². The maximum Gasteiger partial charge on any atom is 0.364 e. The first-order chi connectivity index (χ1) is 8.42. The third-order valence-electron chi connectivity index (χ3n) is 1.94. The van der Waals surface area contributed by atoms with Crippen molar-refractivity contribution in [3.05, 3.63) is 33.0 Å². The Morgan fingerprint density at radius 1 is 1.67 bits per heavy atom. The molecule has 0 amide bonds. The molecule has 0 saturated heterocycles. The molecule has 94 valence electrons. The minimum Gasteiger partial charge on any atom is -0.465 e. The molecule has 0 bridgehead atoms. The Bertz CT molecular complexity index is 553. The van der Waals surface area contributed by atoms with Gasteiger partial charge in [0, 0.05) is 0 Å². The van der Waals surface area contributed by atoms with Crippen LogP contribution in [0.4, 0.5) is 14.6 Å². The van der Waals surface area contributed by atoms with Crippen molar-refractivity contribution in [3.63, 3.8) is 0 Å². The molecule has 1 aromatic heterocycles. The number of esters is 1. The normalized spacial score (nSPS) is 9.94. The number of hydrogen-bond donors (Lipinski definition) is 0. The number of aromatic nitrogens is 1. The molecular formula is C9H5F2N3O4. The highest BCUT2D eigenvalue weighted by molar-refractivity contribution is 5.93. The Morgan fingerprint density at radius 2 is 2.28 bits per heavy atom. The van der Waals surface area contributed by atoms with E-state index in [0.717, 1.165) is 7.11 Å². The van der Waals surface area contributed by atoms with Gasteiger partial charge in [0.2, 0.25) is 5.69 Å². The number of pyridine rings is 1. The molecule has 7 nitrogen and oxygen atoms in total. The Kier molecular flexibility index (Phi) is 3.83. The van der Waals surface area contributed by atoms with Crippen LogP contribution in [0.3, 0.4) is 0 Å². The van der Waals surface area contributed by atoms with Gasteiger partial charge in [-0.2, -0.15) is 5.26 Å². The minimum atomic E-state index is -3.22. The summed E-state index contributed by atoms with van der Waals surface area (Å²) in [5.41, 5.74) is -2.47. The SMILES string of the molecule is COC(=O)c1cc([N+](=O)[O-])nc(C(F)F)c1C#N. The first kappa shape index (κ1) is 13.4. The summed E-state index contributed by atoms with van der Waals surface area (Å²) in [6, 6.07) is 1.98. The van der Waals surface area contributed by atoms with Crippen molar-refractivity contribution in [1.29, 1.82) is 5.26 Å². The monoisotopic (exact) mass is 257 g/mol. The van der Waals surface area contributed by atoms with Crippen LogP contribution in [0, 0.1) is 21.4 Å². The Labute approximate surface area is 98.8 Å². The largest absolute Gasteiger partial charge is 0.465 e. The number of carbonyl (C=O) groups is 1. The van der Waals surface area contributed by atoms with Gasteiger partial charge in [-0.25, -0.2) is 13.6 Å². The predicted octanol–water partition coefficient (Wildman–Crippen LogP) is 1.59. The fraction of sp³-hybridized carbons (Fsp3) is 0.222. The highest BCUT2D eigenvalue weighted by atomic mass is 19.3. The maximum absolute atomic E-state index is 12.6. The number of rotatable bonds is 3. The van der Waals surface area contributed by atoms with Gasteiger partial charge in [-0.3, -0.25) is 0 Å². The van der Waals surface area contributed by atoms with E-state index >= 15 is 0 Å². The summed E-state index contributed by atoms with van der Waals surface area (Å²) in [7, 11) is 0.956. The molecule has 0 N–H and O–H groups in total. The number of carbonyl (C=O) groups excluding carboxylic acids is 1. The van der Waals surface area contributed by atoms with Crippen molar-refractivity contribution in [2.75, 3.05) is 7.11 Å². The van der Waals surface area contributed by atoms with Crippen LogP contribution in [0.25, 0.3) is 0 Å². The highest BCUT2D eigenvalue weighted by Gasteiger charge is 2.30. The molecule has 0 saturated carbocycles. The van der Waals surface area contributed by atoms with Crippen molar-refractivity contribution in [2.24, 2.45) is 0 Å². The van der Waals surface area contributed by atoms with Crippen LogP contribution >= 0.6 is 0 Å². The molecule has 0 unspecified atom stereocenters. The van der Waals surface area contributed by atoms with E-state index in [1.807, 2.05) is 0 Å². The molecule has 9 heteroatoms. The molecule has 18 heavy (non-hydrogen) atoms. The average molecular weight is 257 g/mol. The molecule has 0 aliphatic heterocycles. The van der Waals surface area contributed by atoms with Crippen LogP contribution in [0.1, 0.15) is 28.0 Å². The van der Waals surface area contributed by atoms with Gasteiger partial charge in [-0.15, -0.1) is 0 Å². The van der Waals surface area contributed by atoms with Crippen LogP contribution in [-0.4, -0.2) is 23.0 Å². The van der Waals surface area contributed by atoms with Crippen LogP contribution < -0.4 is 0 Å². The quantitative estimate of drug-likeness (QED) is 0.462. The van der Waals surface area contributed by atoms with Crippen LogP contribution in [0.2, 0.25) is 0 Å². The van der Waals surface area contributed by atoms with Gasteiger partial charge in [0.05, 0.1) is 18.7 Å². The fourth-order valence-electron chi connectivity index (χ4n) is 1.19. The van der Waals surface area contributed by atoms with Crippen molar-refractivity contribution in [1.82, 2.24) is 4.98 Å². The minimum absolute atomic E-state index is 0.614. The molecule has 0 aromatic carbocycles. The summed E-state index contributed by atoms with van der Waals surface area (Å²) in [6.07, 6.45) is -3.22. The zero-order valence-corrected chi connectivity index (χ0v) is 8.89. The predicted molar refractivity (Wildman–Crippen MR) is 51.9 cm³/mol. The van der Waals surface area contributed by atoms with E-state index in [9.17, 15) is 23.7 Å². The lowest BCUT2D eigenvalue weighted by atomic mass is 10.1. The first-order valence-electron chi connectivity index (χ1n) is 4.38. The first-order valence-corrected chi connectivity index (χ1v) is 4.38. The van der Waals surface area contributed by atoms with E-state index in [1.54, 1.807) is 0 Å². The maximum atomic E-state index is 12.6. The smallest absolute Gasteiger partial charge is 0.364 e. The molecule has 0 spiro atoms. The molecule has 1 heterocycles. The van der Waals surface area contributed by atoms with Gasteiger partial charge in [-0.1, -0.05) is 0 Å². The van der Waals surface area contributed by atoms with E-state index in [4.69, 9.17) is 5.26 Å². The topological polar surface area (TPSA) is 106 Å². The van der Waals surface area contributed by atoms with Gasteiger partial charge < -0.3 is 14.9 Å². The summed E-state index contributed by atoms with van der Waals surface area (Å²) < 4.78 is 29.5. The second kappa shape index (κ2) is 5.13. The van der Waals surface area contributed by atoms with Gasteiger partial charge in [0.15, 0.2) is 0 Å². The molecular weight excluding hydrogens is 252 g/mol. The summed E-state index contributed by atoms with van der Waals surface area (Å²) in [6.45, 7) is 0. The molecule has 0 atom stereocenters. The third kappa shape index (κ3) is 2.37. The fourth-order valence-corrected chi connectivity index (χ4v) is 1.19. The third-order valence-corrected chi connectivity index (χ3v) is 1.94. The molecule has 0 aliphatic rings. The number of alkyl halides is 2. The molecule has 1 rings (SSSR count). The summed E-state index contributed by atoms with van der Waals surface area (Å²) in [5.74, 6) is -2.08. The van der Waals surface area contributed by atoms with Gasteiger partial charge >= 0.3 is 18.2 Å². The van der Waals surface area contributed by atoms with Crippen molar-refractivity contribution in [3.8, 4) is 6.07 Å². The van der Waals surface area contributed by atoms with E-state index in [2.05, 4.69) is 9.72 Å². The van der Waals surface area contributed by atoms with Crippen molar-refractivity contribution >= 4 is 11.8 Å². The standard InChI is InChI=1S/C9H5F2N3O4/c1-18-9(15)4-2-6(14(16)17)13-7(8(10)11)5(4)3-12/h2,8H,1H3. The van der Waals surface area contributed by atoms with Crippen molar-refractivity contribution < 1.29 is 23.2 Å². The van der Waals surface area contributed by atoms with Gasteiger partial charge in [0.25, 0.3) is 0 Å². The van der Waals surface area contributed by atoms with Crippen LogP contribution in [0.15, 0.2) is 6.07 Å². The number of halogens is 2. The van der Waals surface area contributed by atoms with E-state index < -0.39 is 40.0 Å². The Balaban J connectivity index is 3.62. The summed E-state index contributed by atoms with van der Waals surface area (Å²) in [5, 5.41) is 19.2. The molecule has 1 aromatic rings. The zero-order chi connectivity index (χ0) is 13.9. The number of nitriles is 1. The number of methoxy groups -OCH3 is 1. The summed E-state index contributed by atoms with van der Waals surface area (Å²) in [4.78, 5) is 23.8. The zero-order valence-electron chi connectivity index (χ0n) is 8.89. The van der Waals surface area contributed by atoms with E-state index in [-0.39, 0.29) is 0 Å². The molecule has 0 radical (unpaired) electrons. The number of hydrogen-bond acceptors (Lipinski definition) is 6. The highest BCUT2D eigenvalue weighted by Crippen LogP contribution is 2.26. The van der Waals surface area contributed by atoms with Crippen LogP contribution in [0.5, 0.6) is 0 Å². The number of ether oxygens (including phenoxy) is 1. The Hall–Kier alpha value is -2.63. The van der Waals surface area contributed by atoms with Gasteiger partial charge in [0.1, 0.15) is 11.6 Å². The number of nitro groups is 1. The lowest BCUT2D eigenvalue weighted by Crippen LogP contribution is -2.10. The molecule has 0 fully saturated rings. The van der Waals surface area contributed by atoms with Crippen LogP contribution in [-0.2, 0) is 4.74 Å². The van der Waals surface area contributed by atoms with E-state index in [0.29, 0.717) is 6.07 Å². The van der Waals surface area contributed by atoms with E-state index in [1.165, 1.54) is 6.07 Å². The number of nitrogens with zero attached hydrogens (tertiary/aromatic N) is 3. The molecule has 0 aliphatic carbocycles. The lowest BCUT2D eigenvalue weighted by Gasteiger charge is -2.04. The lowest BCUT2D eigenvalue weighted by molar-refractivity contribution is -0.389.